The fraction of sp³-hybridized carbons (Fsp3) is 0. The molecule has 0 bridgehead atoms. The third kappa shape index (κ3) is 3.42. The fourth-order valence-corrected chi connectivity index (χ4v) is 0.695. The molecule has 0 nitrogen and oxygen atoms in total. The maximum atomic E-state index is 12.4. The summed E-state index contributed by atoms with van der Waals surface area (Å²) < 4.78 is 12.4. The Balaban J connectivity index is 0. The first-order valence-electron chi connectivity index (χ1n) is 2.48. The molecule has 0 aromatic heterocycles. The van der Waals surface area contributed by atoms with Crippen LogP contribution in [0.2, 0.25) is 5.02 Å². The SMILES string of the molecule is Cl.[CH2-]c1c(F)cccc1Cl.[Zn]. The van der Waals surface area contributed by atoms with E-state index in [0.717, 1.165) is 0 Å². The Morgan fingerprint density at radius 2 is 1.91 bits per heavy atom. The second-order valence-corrected chi connectivity index (χ2v) is 2.11. The molecule has 4 heteroatoms. The van der Waals surface area contributed by atoms with Crippen molar-refractivity contribution in [3.8, 4) is 0 Å². The molecule has 0 spiro atoms. The van der Waals surface area contributed by atoms with Gasteiger partial charge in [-0.3, -0.25) is 4.39 Å². The molecule has 1 aromatic rings. The van der Waals surface area contributed by atoms with E-state index >= 15 is 0 Å². The van der Waals surface area contributed by atoms with Gasteiger partial charge in [0, 0.05) is 25.3 Å². The second kappa shape index (κ2) is 5.82. The number of benzene rings is 1. The molecule has 0 aliphatic carbocycles. The normalized spacial score (nSPS) is 7.82. The Morgan fingerprint density at radius 3 is 2.27 bits per heavy atom. The molecule has 1 aromatic carbocycles. The molecular weight excluding hydrogens is 239 g/mol. The molecule has 0 aliphatic rings. The van der Waals surface area contributed by atoms with Crippen molar-refractivity contribution in [2.75, 3.05) is 0 Å². The largest absolute Gasteiger partial charge is 0.284 e. The van der Waals surface area contributed by atoms with Crippen LogP contribution in [0.1, 0.15) is 5.56 Å². The van der Waals surface area contributed by atoms with E-state index in [1.54, 1.807) is 12.1 Å². The van der Waals surface area contributed by atoms with Crippen LogP contribution in [0.3, 0.4) is 0 Å². The molecule has 0 saturated carbocycles. The molecular formula is C7H6Cl2FZn-. The van der Waals surface area contributed by atoms with Crippen molar-refractivity contribution >= 4 is 24.0 Å². The summed E-state index contributed by atoms with van der Waals surface area (Å²) in [4.78, 5) is 0. The minimum absolute atomic E-state index is 0. The van der Waals surface area contributed by atoms with Crippen LogP contribution in [-0.2, 0) is 19.5 Å². The van der Waals surface area contributed by atoms with Gasteiger partial charge in [0.1, 0.15) is 0 Å². The third-order valence-electron chi connectivity index (χ3n) is 1.06. The minimum Gasteiger partial charge on any atom is -0.284 e. The first kappa shape index (κ1) is 13.8. The van der Waals surface area contributed by atoms with Crippen LogP contribution in [0.25, 0.3) is 0 Å². The van der Waals surface area contributed by atoms with Gasteiger partial charge < -0.3 is 0 Å². The molecule has 11 heavy (non-hydrogen) atoms. The van der Waals surface area contributed by atoms with Gasteiger partial charge in [0.05, 0.1) is 0 Å². The van der Waals surface area contributed by atoms with E-state index in [-0.39, 0.29) is 43.3 Å². The van der Waals surface area contributed by atoms with E-state index in [1.165, 1.54) is 6.07 Å². The molecule has 1 rings (SSSR count). The first-order chi connectivity index (χ1) is 4.22. The maximum Gasteiger partial charge on any atom is 0.0171 e. The summed E-state index contributed by atoms with van der Waals surface area (Å²) in [5.41, 5.74) is 0.263. The summed E-state index contributed by atoms with van der Waals surface area (Å²) in [5.74, 6) is -0.359. The standard InChI is InChI=1S/C7H5ClF.ClH.Zn/c1-5-6(8)3-2-4-7(5)9;;/h2-4H,1H2;1H;/q-1;;. The monoisotopic (exact) mass is 243 g/mol. The summed E-state index contributed by atoms with van der Waals surface area (Å²) in [6, 6.07) is 4.48. The van der Waals surface area contributed by atoms with Gasteiger partial charge in [-0.05, 0) is 0 Å². The summed E-state index contributed by atoms with van der Waals surface area (Å²) in [6.45, 7) is 3.41. The van der Waals surface area contributed by atoms with Gasteiger partial charge >= 0.3 is 0 Å². The Bertz CT molecular complexity index is 207. The van der Waals surface area contributed by atoms with Crippen LogP contribution in [0.15, 0.2) is 18.2 Å². The molecule has 0 amide bonds. The topological polar surface area (TPSA) is 0 Å². The van der Waals surface area contributed by atoms with Crippen molar-refractivity contribution in [1.82, 2.24) is 0 Å². The Labute approximate surface area is 89.3 Å². The van der Waals surface area contributed by atoms with Crippen molar-refractivity contribution in [2.45, 2.75) is 0 Å². The van der Waals surface area contributed by atoms with E-state index in [4.69, 9.17) is 11.6 Å². The van der Waals surface area contributed by atoms with E-state index < -0.39 is 0 Å². The van der Waals surface area contributed by atoms with Gasteiger partial charge in [-0.1, -0.05) is 17.2 Å². The number of hydrogen-bond donors (Lipinski definition) is 0. The summed E-state index contributed by atoms with van der Waals surface area (Å²) in [5, 5.41) is 0.370. The van der Waals surface area contributed by atoms with Crippen LogP contribution in [-0.4, -0.2) is 0 Å². The quantitative estimate of drug-likeness (QED) is 0.487. The smallest absolute Gasteiger partial charge is 0.0171 e. The molecule has 0 N–H and O–H groups in total. The maximum absolute atomic E-state index is 12.4. The van der Waals surface area contributed by atoms with Gasteiger partial charge in [0.15, 0.2) is 0 Å². The zero-order valence-electron chi connectivity index (χ0n) is 5.81. The average molecular weight is 245 g/mol. The van der Waals surface area contributed by atoms with Crippen molar-refractivity contribution < 1.29 is 23.9 Å². The van der Waals surface area contributed by atoms with Crippen molar-refractivity contribution in [3.05, 3.63) is 41.5 Å². The third-order valence-corrected chi connectivity index (χ3v) is 1.42. The Morgan fingerprint density at radius 1 is 1.36 bits per heavy atom. The second-order valence-electron chi connectivity index (χ2n) is 1.70. The van der Waals surface area contributed by atoms with Crippen molar-refractivity contribution in [1.29, 1.82) is 0 Å². The van der Waals surface area contributed by atoms with Gasteiger partial charge in [0.2, 0.25) is 0 Å². The average Bonchev–Trinajstić information content (AvgIpc) is 1.83. The molecule has 0 unspecified atom stereocenters. The van der Waals surface area contributed by atoms with Crippen LogP contribution < -0.4 is 0 Å². The number of halogens is 3. The molecule has 0 fully saturated rings. The Hall–Kier alpha value is 0.223. The van der Waals surface area contributed by atoms with Gasteiger partial charge in [0.25, 0.3) is 0 Å². The van der Waals surface area contributed by atoms with Crippen LogP contribution in [0.4, 0.5) is 4.39 Å². The fourth-order valence-electron chi connectivity index (χ4n) is 0.532. The molecule has 0 aliphatic heterocycles. The zero-order chi connectivity index (χ0) is 6.85. The Kier molecular flexibility index (Phi) is 7.30. The minimum atomic E-state index is -0.359. The molecule has 58 valence electrons. The van der Waals surface area contributed by atoms with Crippen LogP contribution in [0.5, 0.6) is 0 Å². The predicted octanol–water partition coefficient (Wildman–Crippen LogP) is 3.08. The number of hydrogen-bond acceptors (Lipinski definition) is 0. The number of rotatable bonds is 0. The first-order valence-corrected chi connectivity index (χ1v) is 2.85. The molecule has 0 radical (unpaired) electrons. The van der Waals surface area contributed by atoms with E-state index in [0.29, 0.717) is 5.02 Å². The molecule has 0 heterocycles. The zero-order valence-corrected chi connectivity index (χ0v) is 10.3. The van der Waals surface area contributed by atoms with Gasteiger partial charge in [-0.2, -0.15) is 18.5 Å². The summed E-state index contributed by atoms with van der Waals surface area (Å²) in [7, 11) is 0. The van der Waals surface area contributed by atoms with Crippen LogP contribution in [0, 0.1) is 12.7 Å². The summed E-state index contributed by atoms with van der Waals surface area (Å²) in [6.07, 6.45) is 0. The van der Waals surface area contributed by atoms with E-state index in [1.807, 2.05) is 0 Å². The summed E-state index contributed by atoms with van der Waals surface area (Å²) >= 11 is 5.51. The predicted molar refractivity (Wildman–Crippen MR) is 43.1 cm³/mol. The van der Waals surface area contributed by atoms with Gasteiger partial charge in [-0.15, -0.1) is 24.0 Å². The molecule has 0 saturated heterocycles. The van der Waals surface area contributed by atoms with Crippen molar-refractivity contribution in [3.63, 3.8) is 0 Å². The van der Waals surface area contributed by atoms with E-state index in [9.17, 15) is 4.39 Å². The van der Waals surface area contributed by atoms with Gasteiger partial charge in [-0.25, -0.2) is 0 Å². The van der Waals surface area contributed by atoms with Crippen molar-refractivity contribution in [2.24, 2.45) is 0 Å². The molecule has 0 atom stereocenters. The van der Waals surface area contributed by atoms with Crippen LogP contribution >= 0.6 is 24.0 Å². The van der Waals surface area contributed by atoms with E-state index in [2.05, 4.69) is 6.92 Å².